The van der Waals surface area contributed by atoms with E-state index in [9.17, 15) is 18.0 Å². The summed E-state index contributed by atoms with van der Waals surface area (Å²) in [6.07, 6.45) is -0.374. The van der Waals surface area contributed by atoms with E-state index in [1.54, 1.807) is 12.1 Å². The Balaban J connectivity index is 1.89. The summed E-state index contributed by atoms with van der Waals surface area (Å²) in [7, 11) is -1.29. The van der Waals surface area contributed by atoms with Gasteiger partial charge in [-0.05, 0) is 29.7 Å². The number of hydrogen-bond acceptors (Lipinski definition) is 8. The van der Waals surface area contributed by atoms with E-state index in [-0.39, 0.29) is 57.1 Å². The zero-order chi connectivity index (χ0) is 25.9. The molecule has 2 aromatic carbocycles. The summed E-state index contributed by atoms with van der Waals surface area (Å²) in [4.78, 5) is 25.5. The number of halogens is 2. The van der Waals surface area contributed by atoms with Gasteiger partial charge in [-0.3, -0.25) is 4.79 Å². The second-order valence-corrected chi connectivity index (χ2v) is 10.6. The second-order valence-electron chi connectivity index (χ2n) is 7.98. The normalized spacial score (nSPS) is 15.3. The average Bonchev–Trinajstić information content (AvgIpc) is 2.99. The number of methoxy groups -OCH3 is 2. The summed E-state index contributed by atoms with van der Waals surface area (Å²) >= 11 is 12.0. The van der Waals surface area contributed by atoms with Gasteiger partial charge in [0.1, 0.15) is 23.4 Å². The summed E-state index contributed by atoms with van der Waals surface area (Å²) in [5.74, 6) is -1.71. The Hall–Kier alpha value is -2.37. The molecule has 1 heterocycles. The van der Waals surface area contributed by atoms with E-state index in [1.807, 2.05) is 13.8 Å². The average molecular weight is 546 g/mol. The predicted molar refractivity (Wildman–Crippen MR) is 129 cm³/mol. The number of carbonyl (C=O) groups is 2. The van der Waals surface area contributed by atoms with Crippen LogP contribution < -0.4 is 4.74 Å². The van der Waals surface area contributed by atoms with Crippen molar-refractivity contribution in [1.82, 2.24) is 4.31 Å². The molecule has 1 aliphatic heterocycles. The SMILES string of the molecule is COCC(COc1cc(C(C)C)c2c(c1)S(=O)(=O)N(COC(=O)c1c(Cl)cccc1Cl)C2=O)OC. The maximum atomic E-state index is 13.3. The molecule has 0 spiro atoms. The minimum absolute atomic E-state index is 0.0133. The molecule has 0 bridgehead atoms. The molecule has 1 amide bonds. The van der Waals surface area contributed by atoms with Gasteiger partial charge in [-0.25, -0.2) is 13.2 Å². The third-order valence-electron chi connectivity index (χ3n) is 5.34. The van der Waals surface area contributed by atoms with E-state index < -0.39 is 28.6 Å². The maximum Gasteiger partial charge on any atom is 0.342 e. The third-order valence-corrected chi connectivity index (χ3v) is 7.70. The smallest absolute Gasteiger partial charge is 0.342 e. The molecule has 12 heteroatoms. The number of hydrogen-bond donors (Lipinski definition) is 0. The van der Waals surface area contributed by atoms with Crippen LogP contribution >= 0.6 is 23.2 Å². The molecule has 3 rings (SSSR count). The number of amides is 1. The summed E-state index contributed by atoms with van der Waals surface area (Å²) < 4.78 is 48.2. The zero-order valence-corrected chi connectivity index (χ0v) is 21.9. The lowest BCUT2D eigenvalue weighted by Crippen LogP contribution is -2.33. The summed E-state index contributed by atoms with van der Waals surface area (Å²) in [5.41, 5.74) is 0.369. The molecular formula is C23H25Cl2NO8S. The highest BCUT2D eigenvalue weighted by atomic mass is 35.5. The van der Waals surface area contributed by atoms with Crippen LogP contribution in [-0.4, -0.2) is 64.9 Å². The van der Waals surface area contributed by atoms with Crippen LogP contribution in [0.25, 0.3) is 0 Å². The van der Waals surface area contributed by atoms with E-state index in [0.717, 1.165) is 0 Å². The molecule has 0 radical (unpaired) electrons. The number of fused-ring (bicyclic) bond motifs is 1. The van der Waals surface area contributed by atoms with Gasteiger partial charge in [-0.2, -0.15) is 4.31 Å². The van der Waals surface area contributed by atoms with Gasteiger partial charge in [0, 0.05) is 20.3 Å². The van der Waals surface area contributed by atoms with Gasteiger partial charge in [0.25, 0.3) is 15.9 Å². The van der Waals surface area contributed by atoms with Crippen LogP contribution in [0.15, 0.2) is 35.2 Å². The number of carbonyl (C=O) groups excluding carboxylic acids is 2. The summed E-state index contributed by atoms with van der Waals surface area (Å²) in [6.45, 7) is 3.19. The minimum Gasteiger partial charge on any atom is -0.491 e. The van der Waals surface area contributed by atoms with Crippen molar-refractivity contribution in [2.24, 2.45) is 0 Å². The first kappa shape index (κ1) is 27.2. The molecule has 0 saturated carbocycles. The van der Waals surface area contributed by atoms with Gasteiger partial charge in [0.15, 0.2) is 6.73 Å². The molecule has 0 N–H and O–H groups in total. The molecule has 9 nitrogen and oxygen atoms in total. The third kappa shape index (κ3) is 5.57. The Morgan fingerprint density at radius 1 is 1.09 bits per heavy atom. The van der Waals surface area contributed by atoms with Crippen LogP contribution in [0.3, 0.4) is 0 Å². The minimum atomic E-state index is -4.32. The van der Waals surface area contributed by atoms with Crippen molar-refractivity contribution in [1.29, 1.82) is 0 Å². The highest BCUT2D eigenvalue weighted by Crippen LogP contribution is 2.39. The van der Waals surface area contributed by atoms with Crippen molar-refractivity contribution in [3.8, 4) is 5.75 Å². The van der Waals surface area contributed by atoms with Crippen LogP contribution in [0.5, 0.6) is 5.75 Å². The van der Waals surface area contributed by atoms with E-state index in [1.165, 1.54) is 32.4 Å². The van der Waals surface area contributed by atoms with Gasteiger partial charge >= 0.3 is 5.97 Å². The lowest BCUT2D eigenvalue weighted by molar-refractivity contribution is 0.000813. The molecule has 190 valence electrons. The van der Waals surface area contributed by atoms with E-state index in [4.69, 9.17) is 42.1 Å². The number of sulfonamides is 1. The van der Waals surface area contributed by atoms with E-state index >= 15 is 0 Å². The zero-order valence-electron chi connectivity index (χ0n) is 19.5. The van der Waals surface area contributed by atoms with Crippen molar-refractivity contribution in [2.45, 2.75) is 30.8 Å². The first-order valence-electron chi connectivity index (χ1n) is 10.5. The van der Waals surface area contributed by atoms with Gasteiger partial charge in [-0.1, -0.05) is 43.1 Å². The highest BCUT2D eigenvalue weighted by molar-refractivity contribution is 7.90. The number of nitrogens with zero attached hydrogens (tertiary/aromatic N) is 1. The van der Waals surface area contributed by atoms with Crippen LogP contribution in [0.2, 0.25) is 10.0 Å². The molecule has 1 unspecified atom stereocenters. The van der Waals surface area contributed by atoms with E-state index in [2.05, 4.69) is 0 Å². The van der Waals surface area contributed by atoms with E-state index in [0.29, 0.717) is 9.87 Å². The van der Waals surface area contributed by atoms with Crippen LogP contribution in [0.4, 0.5) is 0 Å². The lowest BCUT2D eigenvalue weighted by atomic mass is 9.96. The monoisotopic (exact) mass is 545 g/mol. The Bertz CT molecular complexity index is 1210. The first-order valence-corrected chi connectivity index (χ1v) is 12.7. The van der Waals surface area contributed by atoms with Gasteiger partial charge < -0.3 is 18.9 Å². The fourth-order valence-corrected chi connectivity index (χ4v) is 5.52. The Kier molecular flexibility index (Phi) is 8.66. The summed E-state index contributed by atoms with van der Waals surface area (Å²) in [5, 5.41) is 0.0706. The van der Waals surface area contributed by atoms with Gasteiger partial charge in [0.05, 0.1) is 27.8 Å². The molecule has 0 fully saturated rings. The van der Waals surface area contributed by atoms with Crippen molar-refractivity contribution >= 4 is 45.1 Å². The first-order chi connectivity index (χ1) is 16.5. The fraction of sp³-hybridized carbons (Fsp3) is 0.391. The van der Waals surface area contributed by atoms with Crippen molar-refractivity contribution in [3.63, 3.8) is 0 Å². The van der Waals surface area contributed by atoms with Crippen LogP contribution in [-0.2, 0) is 24.2 Å². The van der Waals surface area contributed by atoms with Gasteiger partial charge in [-0.15, -0.1) is 0 Å². The molecule has 2 aromatic rings. The standard InChI is InChI=1S/C23H25Cl2NO8S/c1-13(2)16-8-14(33-11-15(32-4)10-31-3)9-19-20(16)22(27)26(35(19,29)30)12-34-23(28)21-17(24)6-5-7-18(21)25/h5-9,13,15H,10-12H2,1-4H3. The Morgan fingerprint density at radius 3 is 2.31 bits per heavy atom. The number of benzene rings is 2. The second kappa shape index (κ2) is 11.1. The lowest BCUT2D eigenvalue weighted by Gasteiger charge is -2.17. The summed E-state index contributed by atoms with van der Waals surface area (Å²) in [6, 6.07) is 7.32. The van der Waals surface area contributed by atoms with Crippen molar-refractivity contribution in [2.75, 3.05) is 34.2 Å². The van der Waals surface area contributed by atoms with Crippen LogP contribution in [0.1, 0.15) is 46.0 Å². The van der Waals surface area contributed by atoms with Gasteiger partial charge in [0.2, 0.25) is 0 Å². The largest absolute Gasteiger partial charge is 0.491 e. The highest BCUT2D eigenvalue weighted by Gasteiger charge is 2.44. The molecule has 0 aliphatic carbocycles. The Labute approximate surface area is 213 Å². The number of esters is 1. The molecule has 35 heavy (non-hydrogen) atoms. The Morgan fingerprint density at radius 2 is 1.74 bits per heavy atom. The molecular weight excluding hydrogens is 521 g/mol. The molecule has 1 aliphatic rings. The van der Waals surface area contributed by atoms with Crippen LogP contribution in [0, 0.1) is 0 Å². The predicted octanol–water partition coefficient (Wildman–Crippen LogP) is 4.12. The fourth-order valence-electron chi connectivity index (χ4n) is 3.50. The molecule has 0 aromatic heterocycles. The maximum absolute atomic E-state index is 13.3. The number of ether oxygens (including phenoxy) is 4. The quantitative estimate of drug-likeness (QED) is 0.410. The molecule has 1 atom stereocenters. The van der Waals surface area contributed by atoms with Crippen molar-refractivity contribution in [3.05, 3.63) is 57.1 Å². The number of rotatable bonds is 10. The molecule has 0 saturated heterocycles. The topological polar surface area (TPSA) is 108 Å². The van der Waals surface area contributed by atoms with Crippen molar-refractivity contribution < 1.29 is 37.0 Å².